The number of alkyl halides is 2. The summed E-state index contributed by atoms with van der Waals surface area (Å²) in [5.74, 6) is -1.21. The molecule has 0 spiro atoms. The van der Waals surface area contributed by atoms with E-state index in [-0.39, 0.29) is 17.2 Å². The Balaban J connectivity index is 2.89. The lowest BCUT2D eigenvalue weighted by Crippen LogP contribution is -2.04. The Kier molecular flexibility index (Phi) is 3.85. The SMILES string of the molecule is O=C(O)Cc1cc(Cl)cc(OC(F)F)c1. The number of halogens is 3. The normalized spacial score (nSPS) is 10.4. The first kappa shape index (κ1) is 11.7. The number of carboxylic acid groups (broad SMARTS) is 1. The van der Waals surface area contributed by atoms with Crippen LogP contribution in [0.3, 0.4) is 0 Å². The summed E-state index contributed by atoms with van der Waals surface area (Å²) in [4.78, 5) is 10.4. The molecule has 0 heterocycles. The molecular formula is C9H7ClF2O3. The topological polar surface area (TPSA) is 46.5 Å². The zero-order valence-corrected chi connectivity index (χ0v) is 8.17. The van der Waals surface area contributed by atoms with Crippen LogP contribution in [-0.2, 0) is 11.2 Å². The molecule has 0 aromatic heterocycles. The molecule has 0 aliphatic heterocycles. The highest BCUT2D eigenvalue weighted by molar-refractivity contribution is 6.30. The van der Waals surface area contributed by atoms with Crippen LogP contribution in [0.5, 0.6) is 5.75 Å². The monoisotopic (exact) mass is 236 g/mol. The minimum Gasteiger partial charge on any atom is -0.481 e. The summed E-state index contributed by atoms with van der Waals surface area (Å²) in [6.45, 7) is -2.96. The second-order valence-corrected chi connectivity index (χ2v) is 3.18. The van der Waals surface area contributed by atoms with Gasteiger partial charge in [0.05, 0.1) is 6.42 Å². The first-order valence-electron chi connectivity index (χ1n) is 3.93. The molecule has 1 rings (SSSR count). The van der Waals surface area contributed by atoms with Crippen molar-refractivity contribution >= 4 is 17.6 Å². The highest BCUT2D eigenvalue weighted by atomic mass is 35.5. The Hall–Kier alpha value is -1.36. The minimum absolute atomic E-state index is 0.145. The van der Waals surface area contributed by atoms with Gasteiger partial charge in [-0.2, -0.15) is 8.78 Å². The van der Waals surface area contributed by atoms with E-state index >= 15 is 0 Å². The van der Waals surface area contributed by atoms with E-state index in [4.69, 9.17) is 16.7 Å². The molecule has 0 radical (unpaired) electrons. The molecule has 0 saturated heterocycles. The molecule has 82 valence electrons. The van der Waals surface area contributed by atoms with Crippen LogP contribution < -0.4 is 4.74 Å². The van der Waals surface area contributed by atoms with Crippen LogP contribution in [0.1, 0.15) is 5.56 Å². The molecule has 0 unspecified atom stereocenters. The van der Waals surface area contributed by atoms with Gasteiger partial charge in [-0.1, -0.05) is 11.6 Å². The molecule has 1 aromatic carbocycles. The van der Waals surface area contributed by atoms with Gasteiger partial charge < -0.3 is 9.84 Å². The van der Waals surface area contributed by atoms with E-state index in [1.54, 1.807) is 0 Å². The Bertz CT molecular complexity index is 368. The molecule has 3 nitrogen and oxygen atoms in total. The predicted molar refractivity (Wildman–Crippen MR) is 49.4 cm³/mol. The number of hydrogen-bond acceptors (Lipinski definition) is 2. The molecular weight excluding hydrogens is 230 g/mol. The van der Waals surface area contributed by atoms with Crippen LogP contribution >= 0.6 is 11.6 Å². The molecule has 1 aromatic rings. The lowest BCUT2D eigenvalue weighted by atomic mass is 10.1. The van der Waals surface area contributed by atoms with Crippen molar-refractivity contribution in [2.75, 3.05) is 0 Å². The molecule has 1 N–H and O–H groups in total. The van der Waals surface area contributed by atoms with Crippen molar-refractivity contribution in [2.24, 2.45) is 0 Å². The maximum Gasteiger partial charge on any atom is 0.387 e. The standard InChI is InChI=1S/C9H7ClF2O3/c10-6-1-5(3-8(13)14)2-7(4-6)15-9(11)12/h1-2,4,9H,3H2,(H,13,14). The van der Waals surface area contributed by atoms with Crippen LogP contribution in [0.25, 0.3) is 0 Å². The van der Waals surface area contributed by atoms with Crippen LogP contribution in [-0.4, -0.2) is 17.7 Å². The zero-order chi connectivity index (χ0) is 11.4. The molecule has 0 aliphatic carbocycles. The van der Waals surface area contributed by atoms with E-state index in [2.05, 4.69) is 4.74 Å². The average Bonchev–Trinajstić information content (AvgIpc) is 1.98. The third-order valence-electron chi connectivity index (χ3n) is 1.51. The van der Waals surface area contributed by atoms with Crippen molar-refractivity contribution in [3.63, 3.8) is 0 Å². The van der Waals surface area contributed by atoms with Crippen molar-refractivity contribution in [3.8, 4) is 5.75 Å². The molecule has 0 fully saturated rings. The fraction of sp³-hybridized carbons (Fsp3) is 0.222. The summed E-state index contributed by atoms with van der Waals surface area (Å²) in [6.07, 6.45) is -0.292. The second-order valence-electron chi connectivity index (χ2n) is 2.74. The summed E-state index contributed by atoms with van der Waals surface area (Å²) in [7, 11) is 0. The third kappa shape index (κ3) is 4.12. The summed E-state index contributed by atoms with van der Waals surface area (Å²) in [6, 6.07) is 3.79. The fourth-order valence-corrected chi connectivity index (χ4v) is 1.32. The summed E-state index contributed by atoms with van der Waals surface area (Å²) in [5.41, 5.74) is 0.311. The predicted octanol–water partition coefficient (Wildman–Crippen LogP) is 2.57. The second kappa shape index (κ2) is 4.93. The first-order chi connectivity index (χ1) is 6.97. The van der Waals surface area contributed by atoms with Gasteiger partial charge in [0, 0.05) is 5.02 Å². The molecule has 0 atom stereocenters. The summed E-state index contributed by atoms with van der Waals surface area (Å²) in [5, 5.41) is 8.66. The minimum atomic E-state index is -2.96. The van der Waals surface area contributed by atoms with Gasteiger partial charge in [-0.25, -0.2) is 0 Å². The number of benzene rings is 1. The van der Waals surface area contributed by atoms with Crippen molar-refractivity contribution < 1.29 is 23.4 Å². The van der Waals surface area contributed by atoms with Gasteiger partial charge in [0.25, 0.3) is 0 Å². The number of carbonyl (C=O) groups is 1. The molecule has 0 saturated carbocycles. The molecule has 0 amide bonds. The Morgan fingerprint density at radius 1 is 1.47 bits per heavy atom. The van der Waals surface area contributed by atoms with Gasteiger partial charge in [-0.05, 0) is 23.8 Å². The highest BCUT2D eigenvalue weighted by Gasteiger charge is 2.08. The van der Waals surface area contributed by atoms with E-state index in [0.717, 1.165) is 0 Å². The number of hydrogen-bond donors (Lipinski definition) is 1. The largest absolute Gasteiger partial charge is 0.481 e. The molecule has 15 heavy (non-hydrogen) atoms. The van der Waals surface area contributed by atoms with E-state index < -0.39 is 12.6 Å². The third-order valence-corrected chi connectivity index (χ3v) is 1.73. The highest BCUT2D eigenvalue weighted by Crippen LogP contribution is 2.22. The zero-order valence-electron chi connectivity index (χ0n) is 7.41. The summed E-state index contributed by atoms with van der Waals surface area (Å²) < 4.78 is 27.8. The molecule has 0 bridgehead atoms. The van der Waals surface area contributed by atoms with Crippen LogP contribution in [0.2, 0.25) is 5.02 Å². The van der Waals surface area contributed by atoms with Gasteiger partial charge in [-0.15, -0.1) is 0 Å². The Morgan fingerprint density at radius 3 is 2.67 bits per heavy atom. The van der Waals surface area contributed by atoms with Crippen molar-refractivity contribution in [2.45, 2.75) is 13.0 Å². The quantitative estimate of drug-likeness (QED) is 0.874. The van der Waals surface area contributed by atoms with E-state index in [1.807, 2.05) is 0 Å². The van der Waals surface area contributed by atoms with Crippen LogP contribution in [0, 0.1) is 0 Å². The average molecular weight is 237 g/mol. The van der Waals surface area contributed by atoms with Crippen LogP contribution in [0.4, 0.5) is 8.78 Å². The molecule has 6 heteroatoms. The smallest absolute Gasteiger partial charge is 0.387 e. The number of ether oxygens (including phenoxy) is 1. The maximum atomic E-state index is 11.9. The Labute approximate surface area is 89.2 Å². The maximum absolute atomic E-state index is 11.9. The number of rotatable bonds is 4. The van der Waals surface area contributed by atoms with E-state index in [0.29, 0.717) is 5.56 Å². The van der Waals surface area contributed by atoms with Crippen molar-refractivity contribution in [1.29, 1.82) is 0 Å². The van der Waals surface area contributed by atoms with E-state index in [1.165, 1.54) is 18.2 Å². The van der Waals surface area contributed by atoms with Crippen LogP contribution in [0.15, 0.2) is 18.2 Å². The first-order valence-corrected chi connectivity index (χ1v) is 4.31. The van der Waals surface area contributed by atoms with Gasteiger partial charge in [0.1, 0.15) is 5.75 Å². The molecule has 0 aliphatic rings. The van der Waals surface area contributed by atoms with Gasteiger partial charge >= 0.3 is 12.6 Å². The lowest BCUT2D eigenvalue weighted by Gasteiger charge is -2.06. The van der Waals surface area contributed by atoms with Gasteiger partial charge in [0.2, 0.25) is 0 Å². The lowest BCUT2D eigenvalue weighted by molar-refractivity contribution is -0.136. The summed E-state index contributed by atoms with van der Waals surface area (Å²) >= 11 is 5.60. The van der Waals surface area contributed by atoms with Gasteiger partial charge in [0.15, 0.2) is 0 Å². The number of aliphatic carboxylic acids is 1. The van der Waals surface area contributed by atoms with Gasteiger partial charge in [-0.3, -0.25) is 4.79 Å². The number of carboxylic acids is 1. The Morgan fingerprint density at radius 2 is 2.13 bits per heavy atom. The van der Waals surface area contributed by atoms with E-state index in [9.17, 15) is 13.6 Å². The fourth-order valence-electron chi connectivity index (χ4n) is 1.07. The van der Waals surface area contributed by atoms with Crippen molar-refractivity contribution in [1.82, 2.24) is 0 Å². The van der Waals surface area contributed by atoms with Crippen molar-refractivity contribution in [3.05, 3.63) is 28.8 Å².